The zero-order valence-electron chi connectivity index (χ0n) is 7.58. The van der Waals surface area contributed by atoms with E-state index in [2.05, 4.69) is 9.89 Å². The van der Waals surface area contributed by atoms with Crippen LogP contribution >= 0.6 is 0 Å². The number of hydrogen-bond acceptors (Lipinski definition) is 4. The Kier molecular flexibility index (Phi) is 7.33. The summed E-state index contributed by atoms with van der Waals surface area (Å²) in [6, 6.07) is 0. The standard InChI is InChI=1S/C8H15NO3/c1-3-7-12-9-6-5-8(10)11-4-2/h6H,3-5,7H2,1-2H3. The van der Waals surface area contributed by atoms with Crippen molar-refractivity contribution in [2.75, 3.05) is 13.2 Å². The van der Waals surface area contributed by atoms with Gasteiger partial charge in [0.15, 0.2) is 0 Å². The molecule has 0 aliphatic carbocycles. The highest BCUT2D eigenvalue weighted by molar-refractivity contribution is 5.85. The van der Waals surface area contributed by atoms with Crippen molar-refractivity contribution in [2.45, 2.75) is 26.7 Å². The third-order valence-corrected chi connectivity index (χ3v) is 1.01. The molecule has 0 aromatic carbocycles. The molecule has 0 N–H and O–H groups in total. The highest BCUT2D eigenvalue weighted by atomic mass is 16.6. The molecular formula is C8H15NO3. The lowest BCUT2D eigenvalue weighted by atomic mass is 10.5. The molecule has 0 heterocycles. The quantitative estimate of drug-likeness (QED) is 0.263. The summed E-state index contributed by atoms with van der Waals surface area (Å²) < 4.78 is 4.66. The highest BCUT2D eigenvalue weighted by Gasteiger charge is 1.96. The van der Waals surface area contributed by atoms with Gasteiger partial charge < -0.3 is 9.57 Å². The molecule has 0 radical (unpaired) electrons. The van der Waals surface area contributed by atoms with Crippen LogP contribution in [0.25, 0.3) is 0 Å². The van der Waals surface area contributed by atoms with Gasteiger partial charge in [-0.15, -0.1) is 0 Å². The molecule has 0 saturated heterocycles. The number of nitrogens with zero attached hydrogens (tertiary/aromatic N) is 1. The van der Waals surface area contributed by atoms with E-state index in [0.29, 0.717) is 13.2 Å². The molecule has 0 unspecified atom stereocenters. The Hall–Kier alpha value is -1.06. The fraction of sp³-hybridized carbons (Fsp3) is 0.750. The largest absolute Gasteiger partial charge is 0.466 e. The van der Waals surface area contributed by atoms with Gasteiger partial charge in [-0.25, -0.2) is 0 Å². The molecule has 0 spiro atoms. The van der Waals surface area contributed by atoms with E-state index in [0.717, 1.165) is 6.42 Å². The maximum absolute atomic E-state index is 10.7. The zero-order chi connectivity index (χ0) is 9.23. The lowest BCUT2D eigenvalue weighted by molar-refractivity contribution is -0.141. The number of carbonyl (C=O) groups excluding carboxylic acids is 1. The van der Waals surface area contributed by atoms with E-state index >= 15 is 0 Å². The first kappa shape index (κ1) is 10.9. The molecule has 0 fully saturated rings. The van der Waals surface area contributed by atoms with E-state index in [1.54, 1.807) is 6.92 Å². The normalized spacial score (nSPS) is 10.2. The topological polar surface area (TPSA) is 47.9 Å². The number of ether oxygens (including phenoxy) is 1. The highest BCUT2D eigenvalue weighted by Crippen LogP contribution is 1.84. The van der Waals surface area contributed by atoms with Gasteiger partial charge in [0.1, 0.15) is 6.61 Å². The Morgan fingerprint density at radius 3 is 2.83 bits per heavy atom. The van der Waals surface area contributed by atoms with Crippen LogP contribution in [-0.2, 0) is 14.4 Å². The van der Waals surface area contributed by atoms with Crippen molar-refractivity contribution in [3.8, 4) is 0 Å². The first-order valence-electron chi connectivity index (χ1n) is 4.10. The number of esters is 1. The molecule has 4 heteroatoms. The van der Waals surface area contributed by atoms with Crippen molar-refractivity contribution in [3.05, 3.63) is 0 Å². The molecule has 0 atom stereocenters. The molecule has 4 nitrogen and oxygen atoms in total. The van der Waals surface area contributed by atoms with Crippen molar-refractivity contribution in [2.24, 2.45) is 5.16 Å². The van der Waals surface area contributed by atoms with Gasteiger partial charge in [0, 0.05) is 0 Å². The Morgan fingerprint density at radius 2 is 2.25 bits per heavy atom. The Bertz CT molecular complexity index is 145. The number of hydrogen-bond donors (Lipinski definition) is 0. The van der Waals surface area contributed by atoms with Gasteiger partial charge in [-0.05, 0) is 13.3 Å². The van der Waals surface area contributed by atoms with Gasteiger partial charge in [-0.3, -0.25) is 4.79 Å². The monoisotopic (exact) mass is 173 g/mol. The van der Waals surface area contributed by atoms with Crippen molar-refractivity contribution < 1.29 is 14.4 Å². The molecule has 0 amide bonds. The molecule has 70 valence electrons. The maximum atomic E-state index is 10.7. The zero-order valence-corrected chi connectivity index (χ0v) is 7.58. The summed E-state index contributed by atoms with van der Waals surface area (Å²) in [5.74, 6) is -0.277. The summed E-state index contributed by atoms with van der Waals surface area (Å²) >= 11 is 0. The van der Waals surface area contributed by atoms with Crippen molar-refractivity contribution in [1.82, 2.24) is 0 Å². The second kappa shape index (κ2) is 8.04. The number of rotatable bonds is 6. The Morgan fingerprint density at radius 1 is 1.50 bits per heavy atom. The van der Waals surface area contributed by atoms with Gasteiger partial charge in [0.25, 0.3) is 0 Å². The molecule has 12 heavy (non-hydrogen) atoms. The molecule has 0 rings (SSSR count). The maximum Gasteiger partial charge on any atom is 0.311 e. The van der Waals surface area contributed by atoms with E-state index in [1.165, 1.54) is 6.21 Å². The molecular weight excluding hydrogens is 158 g/mol. The average molecular weight is 173 g/mol. The van der Waals surface area contributed by atoms with Crippen LogP contribution in [0.3, 0.4) is 0 Å². The van der Waals surface area contributed by atoms with Crippen LogP contribution in [0.4, 0.5) is 0 Å². The van der Waals surface area contributed by atoms with E-state index in [1.807, 2.05) is 6.92 Å². The summed E-state index contributed by atoms with van der Waals surface area (Å²) in [6.07, 6.45) is 2.50. The van der Waals surface area contributed by atoms with Gasteiger partial charge >= 0.3 is 5.97 Å². The van der Waals surface area contributed by atoms with Crippen LogP contribution in [0, 0.1) is 0 Å². The lowest BCUT2D eigenvalue weighted by Gasteiger charge is -1.96. The van der Waals surface area contributed by atoms with Crippen LogP contribution in [0.1, 0.15) is 26.7 Å². The van der Waals surface area contributed by atoms with Crippen LogP contribution in [0.2, 0.25) is 0 Å². The predicted octanol–water partition coefficient (Wildman–Crippen LogP) is 1.35. The van der Waals surface area contributed by atoms with Gasteiger partial charge in [-0.1, -0.05) is 12.1 Å². The van der Waals surface area contributed by atoms with Gasteiger partial charge in [0.05, 0.1) is 19.2 Å². The van der Waals surface area contributed by atoms with Gasteiger partial charge in [-0.2, -0.15) is 0 Å². The molecule has 0 aromatic heterocycles. The second-order valence-electron chi connectivity index (χ2n) is 2.13. The average Bonchev–Trinajstić information content (AvgIpc) is 2.05. The SMILES string of the molecule is CCCON=CCC(=O)OCC. The minimum atomic E-state index is -0.277. The van der Waals surface area contributed by atoms with Crippen LogP contribution < -0.4 is 0 Å². The molecule has 0 aromatic rings. The summed E-state index contributed by atoms with van der Waals surface area (Å²) in [5.41, 5.74) is 0. The third-order valence-electron chi connectivity index (χ3n) is 1.01. The summed E-state index contributed by atoms with van der Waals surface area (Å²) in [4.78, 5) is 15.5. The number of oxime groups is 1. The van der Waals surface area contributed by atoms with E-state index in [4.69, 9.17) is 4.84 Å². The lowest BCUT2D eigenvalue weighted by Crippen LogP contribution is -2.03. The first-order valence-corrected chi connectivity index (χ1v) is 4.10. The van der Waals surface area contributed by atoms with Crippen LogP contribution in [0.5, 0.6) is 0 Å². The van der Waals surface area contributed by atoms with E-state index in [-0.39, 0.29) is 12.4 Å². The first-order chi connectivity index (χ1) is 5.81. The van der Waals surface area contributed by atoms with Crippen molar-refractivity contribution in [3.63, 3.8) is 0 Å². The molecule has 0 aliphatic rings. The number of carbonyl (C=O) groups is 1. The molecule has 0 aliphatic heterocycles. The predicted molar refractivity (Wildman–Crippen MR) is 46.0 cm³/mol. The van der Waals surface area contributed by atoms with Crippen molar-refractivity contribution in [1.29, 1.82) is 0 Å². The summed E-state index contributed by atoms with van der Waals surface area (Å²) in [6.45, 7) is 4.74. The van der Waals surface area contributed by atoms with E-state index in [9.17, 15) is 4.79 Å². The van der Waals surface area contributed by atoms with E-state index < -0.39 is 0 Å². The minimum Gasteiger partial charge on any atom is -0.466 e. The molecule has 0 bridgehead atoms. The minimum absolute atomic E-state index is 0.178. The second-order valence-corrected chi connectivity index (χ2v) is 2.13. The van der Waals surface area contributed by atoms with Crippen molar-refractivity contribution >= 4 is 12.2 Å². The molecule has 0 saturated carbocycles. The summed E-state index contributed by atoms with van der Waals surface area (Å²) in [5, 5.41) is 3.56. The van der Waals surface area contributed by atoms with Crippen LogP contribution in [0.15, 0.2) is 5.16 Å². The fourth-order valence-corrected chi connectivity index (χ4v) is 0.528. The third kappa shape index (κ3) is 7.05. The van der Waals surface area contributed by atoms with Gasteiger partial charge in [0.2, 0.25) is 0 Å². The Balaban J connectivity index is 3.27. The smallest absolute Gasteiger partial charge is 0.311 e. The fourth-order valence-electron chi connectivity index (χ4n) is 0.528. The summed E-state index contributed by atoms with van der Waals surface area (Å²) in [7, 11) is 0. The van der Waals surface area contributed by atoms with Crippen LogP contribution in [-0.4, -0.2) is 25.4 Å². The Labute approximate surface area is 72.5 Å².